The lowest BCUT2D eigenvalue weighted by molar-refractivity contribution is 0.669. The average molecular weight is 574 g/mol. The average Bonchev–Trinajstić information content (AvgIpc) is 3.50. The van der Waals surface area contributed by atoms with Gasteiger partial charge >= 0.3 is 0 Å². The number of benzene rings is 8. The van der Waals surface area contributed by atoms with E-state index in [9.17, 15) is 0 Å². The Labute approximate surface area is 263 Å². The molecule has 0 aliphatic heterocycles. The summed E-state index contributed by atoms with van der Waals surface area (Å²) in [6.45, 7) is 0. The quantitative estimate of drug-likeness (QED) is 0.191. The molecule has 1 heteroatoms. The van der Waals surface area contributed by atoms with E-state index in [0.29, 0.717) is 6.04 Å². The molecule has 0 N–H and O–H groups in total. The molecule has 9 aromatic rings. The van der Waals surface area contributed by atoms with Crippen LogP contribution in [-0.4, -0.2) is 0 Å². The highest BCUT2D eigenvalue weighted by Gasteiger charge is 2.24. The number of para-hydroxylation sites is 1. The third-order valence-electron chi connectivity index (χ3n) is 9.04. The van der Waals surface area contributed by atoms with Crippen LogP contribution in [0.3, 0.4) is 0 Å². The highest BCUT2D eigenvalue weighted by atomic mass is 16.3. The lowest BCUT2D eigenvalue weighted by atomic mass is 9.81. The van der Waals surface area contributed by atoms with Crippen molar-refractivity contribution in [1.29, 1.82) is 0 Å². The number of furan rings is 1. The fourth-order valence-corrected chi connectivity index (χ4v) is 7.14. The minimum absolute atomic E-state index is 0.511. The number of rotatable bonds is 4. The highest BCUT2D eigenvalue weighted by molar-refractivity contribution is 6.28. The normalized spacial score (nSPS) is 11.9. The van der Waals surface area contributed by atoms with E-state index in [1.807, 2.05) is 18.2 Å². The van der Waals surface area contributed by atoms with Crippen LogP contribution in [0.15, 0.2) is 174 Å². The van der Waals surface area contributed by atoms with Crippen molar-refractivity contribution in [3.8, 4) is 44.5 Å². The summed E-state index contributed by atoms with van der Waals surface area (Å²) in [5.74, 6) is 0. The summed E-state index contributed by atoms with van der Waals surface area (Å²) >= 11 is 0. The Balaban J connectivity index is 1.47. The van der Waals surface area contributed by atoms with E-state index in [-0.39, 0.29) is 0 Å². The Bertz CT molecular complexity index is 2520. The molecule has 9 rings (SSSR count). The van der Waals surface area contributed by atoms with Gasteiger partial charge in [0.2, 0.25) is 0 Å². The van der Waals surface area contributed by atoms with Crippen LogP contribution in [0.2, 0.25) is 0 Å². The highest BCUT2D eigenvalue weighted by Crippen LogP contribution is 2.50. The molecule has 1 heterocycles. The van der Waals surface area contributed by atoms with Crippen LogP contribution >= 0.6 is 0 Å². The zero-order valence-corrected chi connectivity index (χ0v) is 24.5. The molecule has 0 saturated carbocycles. The lowest BCUT2D eigenvalue weighted by Gasteiger charge is -2.21. The molecule has 8 aromatic carbocycles. The molecule has 0 bridgehead atoms. The lowest BCUT2D eigenvalue weighted by Crippen LogP contribution is -1.94. The second kappa shape index (κ2) is 10.4. The first-order valence-electron chi connectivity index (χ1n) is 15.9. The molecule has 0 atom stereocenters. The smallest absolute Gasteiger partial charge is 0.136 e. The summed E-state index contributed by atoms with van der Waals surface area (Å²) in [5, 5.41) is 7.04. The summed E-state index contributed by atoms with van der Waals surface area (Å²) < 4.78 is 14.5. The Kier molecular flexibility index (Phi) is 5.65. The van der Waals surface area contributed by atoms with E-state index >= 15 is 0 Å². The van der Waals surface area contributed by atoms with Crippen LogP contribution in [0.5, 0.6) is 0 Å². The summed E-state index contributed by atoms with van der Waals surface area (Å²) in [6, 6.07) is 58.1. The second-order valence-corrected chi connectivity index (χ2v) is 11.5. The maximum atomic E-state index is 8.06. The van der Waals surface area contributed by atoms with Crippen molar-refractivity contribution in [3.05, 3.63) is 170 Å². The van der Waals surface area contributed by atoms with Crippen LogP contribution in [-0.2, 0) is 0 Å². The molecule has 1 aromatic heterocycles. The fourth-order valence-electron chi connectivity index (χ4n) is 7.14. The monoisotopic (exact) mass is 573 g/mol. The van der Waals surface area contributed by atoms with E-state index in [4.69, 9.17) is 5.79 Å². The van der Waals surface area contributed by atoms with Crippen LogP contribution in [0.4, 0.5) is 0 Å². The molecule has 0 radical (unpaired) electrons. The summed E-state index contributed by atoms with van der Waals surface area (Å²) in [6.07, 6.45) is 0. The fraction of sp³-hybridized carbons (Fsp3) is 0. The Morgan fingerprint density at radius 2 is 0.844 bits per heavy atom. The van der Waals surface area contributed by atoms with Crippen molar-refractivity contribution in [2.45, 2.75) is 0 Å². The summed E-state index contributed by atoms with van der Waals surface area (Å²) in [5.41, 5.74) is 11.2. The second-order valence-electron chi connectivity index (χ2n) is 11.5. The zero-order valence-electron chi connectivity index (χ0n) is 25.5. The van der Waals surface area contributed by atoms with Gasteiger partial charge in [0.15, 0.2) is 0 Å². The standard InChI is InChI=1S/C44H28O/c1-3-15-29(16-4-1)31-19-7-8-20-33(31)41-34-21-9-11-23-36(34)42(37-24-12-10-22-35(37)41)44-32(30-17-5-2-6-18-30)27-28-40-43(44)38-25-13-14-26-39(38)45-40/h1-28H/i1D. The number of hydrogen-bond donors (Lipinski definition) is 0. The van der Waals surface area contributed by atoms with Crippen molar-refractivity contribution < 1.29 is 5.79 Å². The number of fused-ring (bicyclic) bond motifs is 5. The van der Waals surface area contributed by atoms with E-state index in [1.54, 1.807) is 0 Å². The molecule has 0 aliphatic carbocycles. The molecule has 0 spiro atoms. The molecule has 0 fully saturated rings. The van der Waals surface area contributed by atoms with Gasteiger partial charge in [0.05, 0.1) is 1.37 Å². The van der Waals surface area contributed by atoms with Crippen molar-refractivity contribution in [2.75, 3.05) is 0 Å². The topological polar surface area (TPSA) is 13.1 Å². The largest absolute Gasteiger partial charge is 0.456 e. The molecule has 1 nitrogen and oxygen atoms in total. The molecular formula is C44H28O. The van der Waals surface area contributed by atoms with Crippen molar-refractivity contribution in [2.24, 2.45) is 0 Å². The first-order chi connectivity index (χ1) is 22.8. The van der Waals surface area contributed by atoms with Gasteiger partial charge in [0.1, 0.15) is 11.2 Å². The first kappa shape index (κ1) is 24.5. The van der Waals surface area contributed by atoms with Gasteiger partial charge in [0, 0.05) is 16.3 Å². The van der Waals surface area contributed by atoms with Crippen LogP contribution in [0.25, 0.3) is 88.0 Å². The minimum atomic E-state index is 0.511. The molecule has 0 amide bonds. The molecular weight excluding hydrogens is 544 g/mol. The van der Waals surface area contributed by atoms with Crippen LogP contribution in [0, 0.1) is 0 Å². The summed E-state index contributed by atoms with van der Waals surface area (Å²) in [7, 11) is 0. The van der Waals surface area contributed by atoms with Gasteiger partial charge in [-0.1, -0.05) is 158 Å². The van der Waals surface area contributed by atoms with E-state index in [2.05, 4.69) is 146 Å². The Morgan fingerprint density at radius 1 is 0.333 bits per heavy atom. The van der Waals surface area contributed by atoms with Gasteiger partial charge in [-0.3, -0.25) is 0 Å². The Morgan fingerprint density at radius 3 is 1.53 bits per heavy atom. The van der Waals surface area contributed by atoms with Crippen molar-refractivity contribution in [1.82, 2.24) is 0 Å². The molecule has 0 unspecified atom stereocenters. The van der Waals surface area contributed by atoms with Gasteiger partial charge in [0.25, 0.3) is 0 Å². The summed E-state index contributed by atoms with van der Waals surface area (Å²) in [4.78, 5) is 0. The van der Waals surface area contributed by atoms with Gasteiger partial charge in [-0.25, -0.2) is 0 Å². The number of hydrogen-bond acceptors (Lipinski definition) is 1. The predicted octanol–water partition coefficient (Wildman–Crippen LogP) is 12.6. The van der Waals surface area contributed by atoms with Crippen molar-refractivity contribution >= 4 is 43.5 Å². The van der Waals surface area contributed by atoms with Gasteiger partial charge in [-0.15, -0.1) is 0 Å². The van der Waals surface area contributed by atoms with E-state index < -0.39 is 0 Å². The zero-order chi connectivity index (χ0) is 30.6. The van der Waals surface area contributed by atoms with Gasteiger partial charge in [-0.05, 0) is 72.6 Å². The maximum absolute atomic E-state index is 8.06. The first-order valence-corrected chi connectivity index (χ1v) is 15.4. The van der Waals surface area contributed by atoms with Crippen molar-refractivity contribution in [3.63, 3.8) is 0 Å². The molecule has 210 valence electrons. The molecule has 0 aliphatic rings. The Hall–Kier alpha value is -5.92. The van der Waals surface area contributed by atoms with Gasteiger partial charge in [-0.2, -0.15) is 0 Å². The SMILES string of the molecule is [2H]c1ccc(-c2ccccc2-c2c3ccccc3c(-c3c(-c4ccccc4)ccc4oc5ccccc5c34)c3ccccc23)cc1. The molecule has 45 heavy (non-hydrogen) atoms. The predicted molar refractivity (Wildman–Crippen MR) is 190 cm³/mol. The van der Waals surface area contributed by atoms with Crippen LogP contribution < -0.4 is 0 Å². The van der Waals surface area contributed by atoms with Gasteiger partial charge < -0.3 is 4.42 Å². The maximum Gasteiger partial charge on any atom is 0.136 e. The third kappa shape index (κ3) is 4.02. The molecule has 0 saturated heterocycles. The van der Waals surface area contributed by atoms with E-state index in [0.717, 1.165) is 33.1 Å². The third-order valence-corrected chi connectivity index (χ3v) is 9.04. The minimum Gasteiger partial charge on any atom is -0.456 e. The van der Waals surface area contributed by atoms with E-state index in [1.165, 1.54) is 54.9 Å². The van der Waals surface area contributed by atoms with Crippen LogP contribution in [0.1, 0.15) is 1.37 Å².